The van der Waals surface area contributed by atoms with Crippen LogP contribution in [0, 0.1) is 25.5 Å². The van der Waals surface area contributed by atoms with E-state index in [2.05, 4.69) is 16.0 Å². The first-order chi connectivity index (χ1) is 12.8. The molecule has 0 heterocycles. The summed E-state index contributed by atoms with van der Waals surface area (Å²) in [6.45, 7) is 5.17. The lowest BCUT2D eigenvalue weighted by Gasteiger charge is -2.15. The van der Waals surface area contributed by atoms with Crippen LogP contribution in [0.4, 0.5) is 14.5 Å². The summed E-state index contributed by atoms with van der Waals surface area (Å²) in [7, 11) is 0. The summed E-state index contributed by atoms with van der Waals surface area (Å²) in [6, 6.07) is 8.49. The first-order valence-electron chi connectivity index (χ1n) is 8.59. The molecule has 0 aliphatic rings. The van der Waals surface area contributed by atoms with Crippen LogP contribution >= 0.6 is 0 Å². The fourth-order valence-corrected chi connectivity index (χ4v) is 2.65. The Morgan fingerprint density at radius 2 is 1.67 bits per heavy atom. The summed E-state index contributed by atoms with van der Waals surface area (Å²) < 4.78 is 26.7. The van der Waals surface area contributed by atoms with Gasteiger partial charge in [-0.25, -0.2) is 8.78 Å². The second-order valence-corrected chi connectivity index (χ2v) is 6.36. The van der Waals surface area contributed by atoms with E-state index >= 15 is 0 Å². The van der Waals surface area contributed by atoms with Crippen LogP contribution in [0.2, 0.25) is 0 Å². The Bertz CT molecular complexity index is 820. The molecule has 0 spiro atoms. The number of benzene rings is 2. The van der Waals surface area contributed by atoms with Gasteiger partial charge in [-0.2, -0.15) is 0 Å². The van der Waals surface area contributed by atoms with Crippen LogP contribution in [0.15, 0.2) is 36.4 Å². The lowest BCUT2D eigenvalue weighted by atomic mass is 10.1. The van der Waals surface area contributed by atoms with Gasteiger partial charge in [0.2, 0.25) is 11.8 Å². The number of carbonyl (C=O) groups is 2. The fraction of sp³-hybridized carbons (Fsp3) is 0.300. The van der Waals surface area contributed by atoms with Crippen molar-refractivity contribution >= 4 is 17.5 Å². The largest absolute Gasteiger partial charge is 0.346 e. The van der Waals surface area contributed by atoms with Gasteiger partial charge in [0.05, 0.1) is 13.1 Å². The van der Waals surface area contributed by atoms with Crippen LogP contribution < -0.4 is 16.0 Å². The summed E-state index contributed by atoms with van der Waals surface area (Å²) in [5, 5.41) is 8.13. The van der Waals surface area contributed by atoms with Gasteiger partial charge in [-0.1, -0.05) is 24.3 Å². The second kappa shape index (κ2) is 9.23. The number of hydrogen-bond donors (Lipinski definition) is 3. The smallest absolute Gasteiger partial charge is 0.243 e. The Kier molecular flexibility index (Phi) is 7.01. The van der Waals surface area contributed by atoms with Crippen LogP contribution in [0.25, 0.3) is 0 Å². The summed E-state index contributed by atoms with van der Waals surface area (Å²) in [4.78, 5) is 23.9. The van der Waals surface area contributed by atoms with Gasteiger partial charge < -0.3 is 16.0 Å². The van der Waals surface area contributed by atoms with Gasteiger partial charge >= 0.3 is 0 Å². The van der Waals surface area contributed by atoms with E-state index < -0.39 is 23.6 Å². The molecule has 0 aliphatic heterocycles. The average Bonchev–Trinajstić information content (AvgIpc) is 2.61. The molecule has 3 N–H and O–H groups in total. The summed E-state index contributed by atoms with van der Waals surface area (Å²) >= 11 is 0. The number of aryl methyl sites for hydroxylation is 2. The molecule has 5 nitrogen and oxygen atoms in total. The standard InChI is InChI=1S/C20H23F2N3O2/c1-12-5-4-6-13(2)20(12)25-19(27)11-24-18(26)10-23-14(3)16-8-7-15(21)9-17(16)22/h4-9,14,23H,10-11H2,1-3H3,(H,24,26)(H,25,27)/t14-/m1/s1. The van der Waals surface area contributed by atoms with Gasteiger partial charge in [-0.05, 0) is 38.0 Å². The van der Waals surface area contributed by atoms with E-state index in [0.717, 1.165) is 28.9 Å². The van der Waals surface area contributed by atoms with E-state index in [4.69, 9.17) is 0 Å². The highest BCUT2D eigenvalue weighted by Crippen LogP contribution is 2.19. The Labute approximate surface area is 157 Å². The lowest BCUT2D eigenvalue weighted by Crippen LogP contribution is -2.39. The molecule has 0 aliphatic carbocycles. The van der Waals surface area contributed by atoms with Crippen molar-refractivity contribution in [3.63, 3.8) is 0 Å². The lowest BCUT2D eigenvalue weighted by molar-refractivity contribution is -0.123. The van der Waals surface area contributed by atoms with Gasteiger partial charge in [0.15, 0.2) is 0 Å². The van der Waals surface area contributed by atoms with E-state index in [9.17, 15) is 18.4 Å². The van der Waals surface area contributed by atoms with Crippen LogP contribution in [-0.4, -0.2) is 24.9 Å². The molecule has 2 amide bonds. The summed E-state index contributed by atoms with van der Waals surface area (Å²) in [6.07, 6.45) is 0. The molecule has 0 unspecified atom stereocenters. The van der Waals surface area contributed by atoms with Gasteiger partial charge in [0.25, 0.3) is 0 Å². The molecule has 0 saturated carbocycles. The molecule has 0 radical (unpaired) electrons. The van der Waals surface area contributed by atoms with Crippen molar-refractivity contribution in [2.45, 2.75) is 26.8 Å². The van der Waals surface area contributed by atoms with Crippen molar-refractivity contribution in [2.75, 3.05) is 18.4 Å². The molecular formula is C20H23F2N3O2. The minimum absolute atomic E-state index is 0.103. The monoisotopic (exact) mass is 375 g/mol. The molecule has 1 atom stereocenters. The molecule has 2 aromatic rings. The van der Waals surface area contributed by atoms with Crippen LogP contribution in [0.3, 0.4) is 0 Å². The molecule has 0 saturated heterocycles. The highest BCUT2D eigenvalue weighted by Gasteiger charge is 2.13. The van der Waals surface area contributed by atoms with E-state index in [1.54, 1.807) is 6.92 Å². The Morgan fingerprint density at radius 1 is 1.00 bits per heavy atom. The Balaban J connectivity index is 1.79. The van der Waals surface area contributed by atoms with Crippen LogP contribution in [0.1, 0.15) is 29.7 Å². The van der Waals surface area contributed by atoms with Gasteiger partial charge in [0.1, 0.15) is 11.6 Å². The van der Waals surface area contributed by atoms with Crippen molar-refractivity contribution in [3.05, 3.63) is 64.7 Å². The zero-order valence-electron chi connectivity index (χ0n) is 15.5. The quantitative estimate of drug-likeness (QED) is 0.697. The van der Waals surface area contributed by atoms with E-state index in [1.807, 2.05) is 32.0 Å². The zero-order valence-corrected chi connectivity index (χ0v) is 15.5. The molecular weight excluding hydrogens is 352 g/mol. The molecule has 0 aromatic heterocycles. The maximum atomic E-state index is 13.7. The number of carbonyl (C=O) groups excluding carboxylic acids is 2. The van der Waals surface area contributed by atoms with Crippen molar-refractivity contribution in [3.8, 4) is 0 Å². The number of hydrogen-bond acceptors (Lipinski definition) is 3. The number of nitrogens with one attached hydrogen (secondary N) is 3. The molecule has 27 heavy (non-hydrogen) atoms. The molecule has 0 bridgehead atoms. The average molecular weight is 375 g/mol. The number of rotatable bonds is 7. The third-order valence-corrected chi connectivity index (χ3v) is 4.19. The third kappa shape index (κ3) is 5.86. The molecule has 7 heteroatoms. The van der Waals surface area contributed by atoms with Crippen molar-refractivity contribution in [1.29, 1.82) is 0 Å². The van der Waals surface area contributed by atoms with E-state index in [0.29, 0.717) is 0 Å². The van der Waals surface area contributed by atoms with Crippen molar-refractivity contribution in [1.82, 2.24) is 10.6 Å². The maximum absolute atomic E-state index is 13.7. The number of anilines is 1. The molecule has 2 aromatic carbocycles. The molecule has 2 rings (SSSR count). The Morgan fingerprint density at radius 3 is 2.30 bits per heavy atom. The van der Waals surface area contributed by atoms with Gasteiger partial charge in [-0.15, -0.1) is 0 Å². The normalized spacial score (nSPS) is 11.7. The zero-order chi connectivity index (χ0) is 20.0. The Hall–Kier alpha value is -2.80. The van der Waals surface area contributed by atoms with Crippen molar-refractivity contribution < 1.29 is 18.4 Å². The van der Waals surface area contributed by atoms with E-state index in [1.165, 1.54) is 6.07 Å². The topological polar surface area (TPSA) is 70.2 Å². The number of amides is 2. The minimum atomic E-state index is -0.677. The summed E-state index contributed by atoms with van der Waals surface area (Å²) in [5.41, 5.74) is 2.87. The maximum Gasteiger partial charge on any atom is 0.243 e. The highest BCUT2D eigenvalue weighted by atomic mass is 19.1. The highest BCUT2D eigenvalue weighted by molar-refractivity contribution is 5.95. The van der Waals surface area contributed by atoms with Crippen LogP contribution in [-0.2, 0) is 9.59 Å². The predicted octanol–water partition coefficient (Wildman–Crippen LogP) is 2.99. The second-order valence-electron chi connectivity index (χ2n) is 6.36. The van der Waals surface area contributed by atoms with Gasteiger partial charge in [-0.3, -0.25) is 9.59 Å². The number of para-hydroxylation sites is 1. The van der Waals surface area contributed by atoms with Crippen molar-refractivity contribution in [2.24, 2.45) is 0 Å². The van der Waals surface area contributed by atoms with Gasteiger partial charge in [0, 0.05) is 23.4 Å². The predicted molar refractivity (Wildman–Crippen MR) is 100 cm³/mol. The third-order valence-electron chi connectivity index (χ3n) is 4.19. The molecule has 144 valence electrons. The summed E-state index contributed by atoms with van der Waals surface area (Å²) in [5.74, 6) is -2.07. The minimum Gasteiger partial charge on any atom is -0.346 e. The fourth-order valence-electron chi connectivity index (χ4n) is 2.65. The van der Waals surface area contributed by atoms with Crippen LogP contribution in [0.5, 0.6) is 0 Å². The SMILES string of the molecule is Cc1cccc(C)c1NC(=O)CNC(=O)CN[C@H](C)c1ccc(F)cc1F. The first kappa shape index (κ1) is 20.5. The van der Waals surface area contributed by atoms with E-state index in [-0.39, 0.29) is 24.6 Å². The first-order valence-corrected chi connectivity index (χ1v) is 8.59. The number of halogens is 2. The molecule has 0 fully saturated rings.